The van der Waals surface area contributed by atoms with E-state index in [0.717, 1.165) is 20.9 Å². The zero-order valence-electron chi connectivity index (χ0n) is 23.2. The van der Waals surface area contributed by atoms with E-state index in [1.807, 2.05) is 19.1 Å². The summed E-state index contributed by atoms with van der Waals surface area (Å²) >= 11 is 8.38. The summed E-state index contributed by atoms with van der Waals surface area (Å²) in [4.78, 5) is 32.9. The van der Waals surface area contributed by atoms with E-state index >= 15 is 0 Å². The number of carbonyl (C=O) groups excluding carboxylic acids is 1. The fourth-order valence-electron chi connectivity index (χ4n) is 4.56. The molecule has 2 aromatic carbocycles. The number of methoxy groups -OCH3 is 2. The van der Waals surface area contributed by atoms with Crippen LogP contribution in [0.15, 0.2) is 73.0 Å². The highest BCUT2D eigenvalue weighted by Gasteiger charge is 2.36. The van der Waals surface area contributed by atoms with Crippen molar-refractivity contribution < 1.29 is 23.7 Å². The third-order valence-electron chi connectivity index (χ3n) is 6.29. The Bertz CT molecular complexity index is 1670. The van der Waals surface area contributed by atoms with Crippen molar-refractivity contribution in [3.8, 4) is 17.2 Å². The van der Waals surface area contributed by atoms with Crippen molar-refractivity contribution in [1.29, 1.82) is 0 Å². The number of nitrogens with zero attached hydrogens (tertiary/aromatic N) is 2. The third kappa shape index (κ3) is 6.37. The van der Waals surface area contributed by atoms with Gasteiger partial charge >= 0.3 is 5.97 Å². The number of rotatable bonds is 11. The summed E-state index contributed by atoms with van der Waals surface area (Å²) in [7, 11) is 3.11. The maximum absolute atomic E-state index is 14.1. The van der Waals surface area contributed by atoms with Gasteiger partial charge in [0.15, 0.2) is 4.80 Å². The van der Waals surface area contributed by atoms with Crippen molar-refractivity contribution in [3.05, 3.63) is 94.0 Å². The van der Waals surface area contributed by atoms with Gasteiger partial charge in [0.05, 0.1) is 45.6 Å². The zero-order valence-corrected chi connectivity index (χ0v) is 27.2. The van der Waals surface area contributed by atoms with Crippen LogP contribution in [0.3, 0.4) is 0 Å². The molecule has 0 saturated carbocycles. The van der Waals surface area contributed by atoms with E-state index in [1.165, 1.54) is 11.3 Å². The van der Waals surface area contributed by atoms with Crippen LogP contribution in [-0.2, 0) is 9.53 Å². The highest BCUT2D eigenvalue weighted by Crippen LogP contribution is 2.39. The minimum absolute atomic E-state index is 0.185. The molecule has 4 rings (SSSR count). The topological polar surface area (TPSA) is 88.3 Å². The van der Waals surface area contributed by atoms with Gasteiger partial charge in [0.1, 0.15) is 29.9 Å². The number of esters is 1. The number of allylic oxidation sites excluding steroid dienone is 1. The number of aromatic nitrogens is 1. The Labute approximate surface area is 258 Å². The number of halogens is 2. The summed E-state index contributed by atoms with van der Waals surface area (Å²) in [5.74, 6) is 1.19. The first-order valence-corrected chi connectivity index (χ1v) is 15.3. The summed E-state index contributed by atoms with van der Waals surface area (Å²) < 4.78 is 25.9. The quantitative estimate of drug-likeness (QED) is 0.188. The molecule has 0 bridgehead atoms. The van der Waals surface area contributed by atoms with Crippen molar-refractivity contribution >= 4 is 55.2 Å². The molecule has 0 saturated heterocycles. The predicted molar refractivity (Wildman–Crippen MR) is 167 cm³/mol. The molecule has 1 atom stereocenters. The van der Waals surface area contributed by atoms with Crippen LogP contribution in [0, 0.1) is 0 Å². The van der Waals surface area contributed by atoms with Crippen LogP contribution in [-0.4, -0.2) is 38.0 Å². The van der Waals surface area contributed by atoms with Gasteiger partial charge in [-0.1, -0.05) is 37.3 Å². The van der Waals surface area contributed by atoms with Crippen LogP contribution in [0.4, 0.5) is 0 Å². The lowest BCUT2D eigenvalue weighted by atomic mass is 9.93. The molecule has 2 heterocycles. The Morgan fingerprint density at radius 2 is 1.88 bits per heavy atom. The van der Waals surface area contributed by atoms with E-state index in [2.05, 4.69) is 38.4 Å². The van der Waals surface area contributed by atoms with Gasteiger partial charge in [-0.15, -0.1) is 0 Å². The monoisotopic (exact) mass is 704 g/mol. The number of benzene rings is 2. The second-order valence-electron chi connectivity index (χ2n) is 8.93. The lowest BCUT2D eigenvalue weighted by molar-refractivity contribution is -0.139. The summed E-state index contributed by atoms with van der Waals surface area (Å²) in [5, 5.41) is 0. The predicted octanol–water partition coefficient (Wildman–Crippen LogP) is 5.69. The molecule has 8 nitrogen and oxygen atoms in total. The van der Waals surface area contributed by atoms with Gasteiger partial charge in [-0.3, -0.25) is 9.36 Å². The first-order chi connectivity index (χ1) is 19.8. The molecule has 41 heavy (non-hydrogen) atoms. The molecule has 3 aromatic rings. The molecule has 1 aromatic heterocycles. The average Bonchev–Trinajstić information content (AvgIpc) is 3.25. The van der Waals surface area contributed by atoms with Gasteiger partial charge < -0.3 is 18.9 Å². The zero-order chi connectivity index (χ0) is 29.7. The fourth-order valence-corrected chi connectivity index (χ4v) is 7.03. The first-order valence-electron chi connectivity index (χ1n) is 12.9. The Morgan fingerprint density at radius 3 is 2.49 bits per heavy atom. The molecule has 1 aliphatic rings. The molecule has 0 radical (unpaired) electrons. The number of hydrogen-bond acceptors (Lipinski definition) is 8. The molecule has 11 heteroatoms. The van der Waals surface area contributed by atoms with Gasteiger partial charge in [-0.2, -0.15) is 0 Å². The first kappa shape index (κ1) is 30.8. The lowest BCUT2D eigenvalue weighted by Crippen LogP contribution is -2.40. The Balaban J connectivity index is 2.00. The fraction of sp³-hybridized carbons (Fsp3) is 0.300. The lowest BCUT2D eigenvalue weighted by Gasteiger charge is -2.27. The van der Waals surface area contributed by atoms with Crippen LogP contribution >= 0.6 is 43.2 Å². The largest absolute Gasteiger partial charge is 0.497 e. The SMILES string of the molecule is C=CCOc1c(Br)cc(/C=c2\sc3n(c2=O)[C@H](c2cc(OC)ccc2OC)C(C(=O)OCC)=C(CCC)N=3)cc1Br. The van der Waals surface area contributed by atoms with E-state index in [1.54, 1.807) is 56.1 Å². The molecule has 1 aliphatic heterocycles. The van der Waals surface area contributed by atoms with Crippen molar-refractivity contribution in [2.24, 2.45) is 4.99 Å². The average molecular weight is 706 g/mol. The third-order valence-corrected chi connectivity index (χ3v) is 8.45. The summed E-state index contributed by atoms with van der Waals surface area (Å²) in [6, 6.07) is 8.23. The molecule has 0 spiro atoms. The Kier molecular flexibility index (Phi) is 10.3. The number of thiazole rings is 1. The van der Waals surface area contributed by atoms with E-state index in [-0.39, 0.29) is 12.2 Å². The molecule has 216 valence electrons. The maximum Gasteiger partial charge on any atom is 0.338 e. The van der Waals surface area contributed by atoms with Crippen molar-refractivity contribution in [2.75, 3.05) is 27.4 Å². The van der Waals surface area contributed by atoms with Gasteiger partial charge in [0, 0.05) is 5.56 Å². The molecule has 0 fully saturated rings. The smallest absolute Gasteiger partial charge is 0.338 e. The molecule has 0 aliphatic carbocycles. The second-order valence-corrected chi connectivity index (χ2v) is 11.7. The van der Waals surface area contributed by atoms with Gasteiger partial charge in [0.25, 0.3) is 5.56 Å². The second kappa shape index (κ2) is 13.7. The van der Waals surface area contributed by atoms with Crippen LogP contribution in [0.5, 0.6) is 17.2 Å². The standard InChI is InChI=1S/C30H30Br2N2O6S/c1-6-9-22-25(29(36)39-8-3)26(19-16-18(37-4)10-11-23(19)38-5)34-28(35)24(41-30(34)33-22)15-17-13-20(31)27(21(32)14-17)40-12-7-2/h7,10-11,13-16,26H,2,6,8-9,12H2,1,3-5H3/b24-15-/t26-/m1/s1. The van der Waals surface area contributed by atoms with E-state index in [9.17, 15) is 9.59 Å². The Hall–Kier alpha value is -3.15. The van der Waals surface area contributed by atoms with Crippen molar-refractivity contribution in [3.63, 3.8) is 0 Å². The summed E-state index contributed by atoms with van der Waals surface area (Å²) in [5.41, 5.74) is 1.98. The van der Waals surface area contributed by atoms with Gasteiger partial charge in [-0.05, 0) is 87.2 Å². The van der Waals surface area contributed by atoms with Crippen molar-refractivity contribution in [2.45, 2.75) is 32.7 Å². The summed E-state index contributed by atoms with van der Waals surface area (Å²) in [6.45, 7) is 7.99. The molecule has 0 N–H and O–H groups in total. The number of hydrogen-bond donors (Lipinski definition) is 0. The van der Waals surface area contributed by atoms with Crippen LogP contribution in [0.25, 0.3) is 6.08 Å². The number of fused-ring (bicyclic) bond motifs is 1. The molecular formula is C30H30Br2N2O6S. The van der Waals surface area contributed by atoms with E-state index in [0.29, 0.717) is 56.4 Å². The Morgan fingerprint density at radius 1 is 1.15 bits per heavy atom. The van der Waals surface area contributed by atoms with E-state index < -0.39 is 12.0 Å². The van der Waals surface area contributed by atoms with Crippen molar-refractivity contribution in [1.82, 2.24) is 4.57 Å². The van der Waals surface area contributed by atoms with Crippen LogP contribution in [0.2, 0.25) is 0 Å². The minimum Gasteiger partial charge on any atom is -0.497 e. The molecule has 0 unspecified atom stereocenters. The van der Waals surface area contributed by atoms with E-state index in [4.69, 9.17) is 23.9 Å². The highest BCUT2D eigenvalue weighted by molar-refractivity contribution is 9.11. The minimum atomic E-state index is -0.827. The van der Waals surface area contributed by atoms with Crippen LogP contribution in [0.1, 0.15) is 43.9 Å². The molecular weight excluding hydrogens is 676 g/mol. The van der Waals surface area contributed by atoms with Gasteiger partial charge in [-0.25, -0.2) is 9.79 Å². The van der Waals surface area contributed by atoms with Gasteiger partial charge in [0.2, 0.25) is 0 Å². The number of ether oxygens (including phenoxy) is 4. The highest BCUT2D eigenvalue weighted by atomic mass is 79.9. The van der Waals surface area contributed by atoms with Crippen LogP contribution < -0.4 is 29.1 Å². The normalized spacial score (nSPS) is 14.8. The molecule has 0 amide bonds. The number of carbonyl (C=O) groups is 1. The summed E-state index contributed by atoms with van der Waals surface area (Å²) in [6.07, 6.45) is 4.75. The maximum atomic E-state index is 14.1.